The van der Waals surface area contributed by atoms with E-state index in [2.05, 4.69) is 17.5 Å². The van der Waals surface area contributed by atoms with E-state index in [4.69, 9.17) is 21.1 Å². The molecule has 1 atom stereocenters. The quantitative estimate of drug-likeness (QED) is 0.502. The molecule has 17 heavy (non-hydrogen) atoms. The minimum Gasteiger partial charge on any atom is -0.356 e. The van der Waals surface area contributed by atoms with E-state index >= 15 is 0 Å². The van der Waals surface area contributed by atoms with Crippen LogP contribution in [0.2, 0.25) is 0 Å². The molecule has 0 spiro atoms. The fourth-order valence-corrected chi connectivity index (χ4v) is 2.90. The molecule has 4 heteroatoms. The van der Waals surface area contributed by atoms with Crippen LogP contribution in [0.15, 0.2) is 17.5 Å². The number of thiophene rings is 1. The van der Waals surface area contributed by atoms with Crippen molar-refractivity contribution >= 4 is 22.9 Å². The summed E-state index contributed by atoms with van der Waals surface area (Å²) in [5.74, 6) is 1.13. The van der Waals surface area contributed by atoms with Crippen LogP contribution in [0.3, 0.4) is 0 Å². The normalized spacial score (nSPS) is 13.2. The molecule has 0 fully saturated rings. The molecule has 0 saturated carbocycles. The number of alkyl halides is 1. The molecule has 1 unspecified atom stereocenters. The average Bonchev–Trinajstić information content (AvgIpc) is 2.86. The number of hydrogen-bond donors (Lipinski definition) is 0. The van der Waals surface area contributed by atoms with E-state index in [1.54, 1.807) is 14.2 Å². The molecule has 0 radical (unpaired) electrons. The second-order valence-electron chi connectivity index (χ2n) is 4.05. The molecule has 0 saturated heterocycles. The fourth-order valence-electron chi connectivity index (χ4n) is 2.02. The largest absolute Gasteiger partial charge is 0.356 e. The number of ether oxygens (including phenoxy) is 2. The van der Waals surface area contributed by atoms with E-state index in [1.807, 2.05) is 11.3 Å². The topological polar surface area (TPSA) is 18.5 Å². The summed E-state index contributed by atoms with van der Waals surface area (Å²) in [7, 11) is 3.40. The van der Waals surface area contributed by atoms with E-state index in [1.165, 1.54) is 4.88 Å². The number of hydrogen-bond acceptors (Lipinski definition) is 3. The predicted octanol–water partition coefficient (Wildman–Crippen LogP) is 3.93. The molecular weight excluding hydrogens is 256 g/mol. The lowest BCUT2D eigenvalue weighted by Gasteiger charge is -2.24. The van der Waals surface area contributed by atoms with Gasteiger partial charge < -0.3 is 9.47 Å². The van der Waals surface area contributed by atoms with E-state index in [9.17, 15) is 0 Å². The van der Waals surface area contributed by atoms with Crippen LogP contribution in [-0.4, -0.2) is 26.4 Å². The van der Waals surface area contributed by atoms with Crippen molar-refractivity contribution in [3.8, 4) is 0 Å². The zero-order chi connectivity index (χ0) is 12.5. The first-order valence-electron chi connectivity index (χ1n) is 5.95. The third-order valence-electron chi connectivity index (χ3n) is 2.90. The summed E-state index contributed by atoms with van der Waals surface area (Å²) in [4.78, 5) is 1.42. The Morgan fingerprint density at radius 1 is 1.29 bits per heavy atom. The lowest BCUT2D eigenvalue weighted by molar-refractivity contribution is -0.140. The van der Waals surface area contributed by atoms with Crippen LogP contribution < -0.4 is 0 Å². The van der Waals surface area contributed by atoms with E-state index in [0.717, 1.165) is 25.7 Å². The Morgan fingerprint density at radius 2 is 2.06 bits per heavy atom. The van der Waals surface area contributed by atoms with Gasteiger partial charge in [0.1, 0.15) is 0 Å². The average molecular weight is 277 g/mol. The van der Waals surface area contributed by atoms with Gasteiger partial charge in [0, 0.05) is 30.9 Å². The third kappa shape index (κ3) is 5.38. The van der Waals surface area contributed by atoms with Gasteiger partial charge in [0.15, 0.2) is 6.29 Å². The van der Waals surface area contributed by atoms with Crippen LogP contribution in [0.25, 0.3) is 0 Å². The van der Waals surface area contributed by atoms with Crippen LogP contribution in [0.4, 0.5) is 0 Å². The lowest BCUT2D eigenvalue weighted by Crippen LogP contribution is -2.25. The third-order valence-corrected chi connectivity index (χ3v) is 4.10. The van der Waals surface area contributed by atoms with Gasteiger partial charge >= 0.3 is 0 Å². The number of methoxy groups -OCH3 is 2. The van der Waals surface area contributed by atoms with Crippen LogP contribution in [-0.2, 0) is 15.9 Å². The number of rotatable bonds is 9. The van der Waals surface area contributed by atoms with Crippen molar-refractivity contribution in [3.63, 3.8) is 0 Å². The van der Waals surface area contributed by atoms with Gasteiger partial charge in [0.2, 0.25) is 0 Å². The molecule has 0 amide bonds. The van der Waals surface area contributed by atoms with Crippen LogP contribution in [0, 0.1) is 5.92 Å². The molecule has 0 aliphatic heterocycles. The Labute approximate surface area is 113 Å². The summed E-state index contributed by atoms with van der Waals surface area (Å²) >= 11 is 7.56. The van der Waals surface area contributed by atoms with Gasteiger partial charge in [-0.1, -0.05) is 6.07 Å². The Hall–Kier alpha value is -0.0900. The van der Waals surface area contributed by atoms with Crippen LogP contribution >= 0.6 is 22.9 Å². The van der Waals surface area contributed by atoms with Gasteiger partial charge in [0.25, 0.3) is 0 Å². The minimum atomic E-state index is -0.113. The second-order valence-corrected chi connectivity index (χ2v) is 5.46. The molecule has 1 aromatic rings. The Balaban J connectivity index is 2.44. The van der Waals surface area contributed by atoms with Crippen molar-refractivity contribution in [2.75, 3.05) is 20.1 Å². The molecule has 0 aromatic carbocycles. The molecule has 1 aromatic heterocycles. The highest BCUT2D eigenvalue weighted by atomic mass is 35.5. The lowest BCUT2D eigenvalue weighted by atomic mass is 9.96. The zero-order valence-corrected chi connectivity index (χ0v) is 12.1. The highest BCUT2D eigenvalue weighted by molar-refractivity contribution is 7.09. The van der Waals surface area contributed by atoms with Gasteiger partial charge in [0.05, 0.1) is 0 Å². The van der Waals surface area contributed by atoms with Crippen molar-refractivity contribution in [2.24, 2.45) is 5.92 Å². The molecule has 1 heterocycles. The summed E-state index contributed by atoms with van der Waals surface area (Å²) in [6.07, 6.45) is 4.14. The Morgan fingerprint density at radius 3 is 2.59 bits per heavy atom. The molecule has 0 N–H and O–H groups in total. The first-order chi connectivity index (χ1) is 8.31. The highest BCUT2D eigenvalue weighted by Crippen LogP contribution is 2.23. The Bertz CT molecular complexity index is 273. The maximum Gasteiger partial charge on any atom is 0.159 e. The maximum absolute atomic E-state index is 5.76. The monoisotopic (exact) mass is 276 g/mol. The van der Waals surface area contributed by atoms with Gasteiger partial charge in [-0.3, -0.25) is 0 Å². The highest BCUT2D eigenvalue weighted by Gasteiger charge is 2.20. The molecule has 0 bridgehead atoms. The van der Waals surface area contributed by atoms with Gasteiger partial charge in [-0.15, -0.1) is 22.9 Å². The van der Waals surface area contributed by atoms with Gasteiger partial charge in [-0.05, 0) is 37.1 Å². The van der Waals surface area contributed by atoms with Crippen LogP contribution in [0.5, 0.6) is 0 Å². The SMILES string of the molecule is COC(OC)C(CCCCl)CCc1cccs1. The first kappa shape index (κ1) is 15.0. The summed E-state index contributed by atoms with van der Waals surface area (Å²) in [6.45, 7) is 0. The van der Waals surface area contributed by atoms with Crippen molar-refractivity contribution in [1.29, 1.82) is 0 Å². The van der Waals surface area contributed by atoms with E-state index < -0.39 is 0 Å². The van der Waals surface area contributed by atoms with Crippen LogP contribution in [0.1, 0.15) is 24.1 Å². The van der Waals surface area contributed by atoms with Crippen molar-refractivity contribution < 1.29 is 9.47 Å². The molecular formula is C13H21ClO2S. The van der Waals surface area contributed by atoms with Gasteiger partial charge in [-0.2, -0.15) is 0 Å². The fraction of sp³-hybridized carbons (Fsp3) is 0.692. The van der Waals surface area contributed by atoms with Crippen molar-refractivity contribution in [2.45, 2.75) is 32.0 Å². The standard InChI is InChI=1S/C13H21ClO2S/c1-15-13(16-2)11(5-3-9-14)7-8-12-6-4-10-17-12/h4,6,10-11,13H,3,5,7-9H2,1-2H3. The molecule has 2 nitrogen and oxygen atoms in total. The number of aryl methyl sites for hydroxylation is 1. The smallest absolute Gasteiger partial charge is 0.159 e. The van der Waals surface area contributed by atoms with Gasteiger partial charge in [-0.25, -0.2) is 0 Å². The minimum absolute atomic E-state index is 0.113. The summed E-state index contributed by atoms with van der Waals surface area (Å²) in [5, 5.41) is 2.12. The molecule has 0 aliphatic carbocycles. The maximum atomic E-state index is 5.76. The number of halogens is 1. The zero-order valence-electron chi connectivity index (χ0n) is 10.5. The molecule has 1 rings (SSSR count). The van der Waals surface area contributed by atoms with Crippen molar-refractivity contribution in [1.82, 2.24) is 0 Å². The van der Waals surface area contributed by atoms with E-state index in [0.29, 0.717) is 11.8 Å². The molecule has 0 aliphatic rings. The summed E-state index contributed by atoms with van der Waals surface area (Å²) in [6, 6.07) is 4.27. The predicted molar refractivity (Wildman–Crippen MR) is 73.9 cm³/mol. The second kappa shape index (κ2) is 8.92. The van der Waals surface area contributed by atoms with E-state index in [-0.39, 0.29) is 6.29 Å². The Kier molecular flexibility index (Phi) is 7.86. The summed E-state index contributed by atoms with van der Waals surface area (Å²) in [5.41, 5.74) is 0. The first-order valence-corrected chi connectivity index (χ1v) is 7.37. The summed E-state index contributed by atoms with van der Waals surface area (Å²) < 4.78 is 10.7. The molecule has 98 valence electrons. The van der Waals surface area contributed by atoms with Crippen molar-refractivity contribution in [3.05, 3.63) is 22.4 Å².